The van der Waals surface area contributed by atoms with Crippen molar-refractivity contribution in [1.82, 2.24) is 0 Å². The van der Waals surface area contributed by atoms with E-state index in [-0.39, 0.29) is 0 Å². The molecule has 0 heterocycles. The second-order valence-corrected chi connectivity index (χ2v) is 2.97. The summed E-state index contributed by atoms with van der Waals surface area (Å²) >= 11 is 0. The van der Waals surface area contributed by atoms with Gasteiger partial charge in [0, 0.05) is 0 Å². The third-order valence-electron chi connectivity index (χ3n) is 2.10. The lowest BCUT2D eigenvalue weighted by molar-refractivity contribution is 0.924. The maximum Gasteiger partial charge on any atom is -0.0250 e. The Kier molecular flexibility index (Phi) is 6.45. The largest absolute Gasteiger partial charge is 0.0988 e. The molecule has 0 N–H and O–H groups in total. The Morgan fingerprint density at radius 3 is 2.25 bits per heavy atom. The van der Waals surface area contributed by atoms with Crippen molar-refractivity contribution in [2.45, 2.75) is 39.5 Å². The molecule has 0 radical (unpaired) electrons. The maximum atomic E-state index is 3.87. The minimum absolute atomic E-state index is 1.05. The van der Waals surface area contributed by atoms with Crippen LogP contribution < -0.4 is 0 Å². The van der Waals surface area contributed by atoms with Gasteiger partial charge in [-0.15, -0.1) is 0 Å². The van der Waals surface area contributed by atoms with Crippen LogP contribution in [-0.2, 0) is 0 Å². The van der Waals surface area contributed by atoms with Crippen molar-refractivity contribution in [3.63, 3.8) is 0 Å². The summed E-state index contributed by atoms with van der Waals surface area (Å²) in [6.07, 6.45) is 8.68. The van der Waals surface area contributed by atoms with Crippen LogP contribution in [0.4, 0.5) is 0 Å². The van der Waals surface area contributed by atoms with Crippen LogP contribution in [0.1, 0.15) is 39.5 Å². The summed E-state index contributed by atoms with van der Waals surface area (Å²) in [7, 11) is 0. The van der Waals surface area contributed by atoms with Gasteiger partial charge in [-0.05, 0) is 25.7 Å². The summed E-state index contributed by atoms with van der Waals surface area (Å²) in [5.74, 6) is 0. The Hall–Kier alpha value is -0.780. The molecule has 0 rings (SSSR count). The van der Waals surface area contributed by atoms with Gasteiger partial charge in [0.1, 0.15) is 0 Å². The van der Waals surface area contributed by atoms with E-state index < -0.39 is 0 Å². The molecule has 0 saturated heterocycles. The van der Waals surface area contributed by atoms with Gasteiger partial charge in [0.2, 0.25) is 0 Å². The van der Waals surface area contributed by atoms with E-state index in [0.717, 1.165) is 18.4 Å². The molecule has 0 bridgehead atoms. The molecule has 0 aromatic rings. The second kappa shape index (κ2) is 6.90. The Morgan fingerprint density at radius 2 is 1.83 bits per heavy atom. The smallest absolute Gasteiger partial charge is 0.0250 e. The van der Waals surface area contributed by atoms with Gasteiger partial charge < -0.3 is 0 Å². The van der Waals surface area contributed by atoms with Crippen LogP contribution >= 0.6 is 0 Å². The lowest BCUT2D eigenvalue weighted by atomic mass is 10.1. The fourth-order valence-corrected chi connectivity index (χ4v) is 1.10. The minimum Gasteiger partial charge on any atom is -0.0988 e. The van der Waals surface area contributed by atoms with E-state index in [1.165, 1.54) is 12.8 Å². The first kappa shape index (κ1) is 11.2. The fourth-order valence-electron chi connectivity index (χ4n) is 1.10. The number of hydrogen-bond acceptors (Lipinski definition) is 0. The predicted octanol–water partition coefficient (Wildman–Crippen LogP) is 4.26. The summed E-state index contributed by atoms with van der Waals surface area (Å²) in [6, 6.07) is 0. The van der Waals surface area contributed by atoms with Crippen LogP contribution in [0, 0.1) is 0 Å². The fraction of sp³-hybridized carbons (Fsp3) is 0.500. The molecule has 0 atom stereocenters. The van der Waals surface area contributed by atoms with Crippen molar-refractivity contribution in [3.05, 3.63) is 36.5 Å². The SMILES string of the molecule is C=CC(=C)CCC=C(CC)CC. The molecular weight excluding hydrogens is 144 g/mol. The summed E-state index contributed by atoms with van der Waals surface area (Å²) < 4.78 is 0. The second-order valence-electron chi connectivity index (χ2n) is 2.97. The Bertz CT molecular complexity index is 166. The van der Waals surface area contributed by atoms with E-state index >= 15 is 0 Å². The van der Waals surface area contributed by atoms with Gasteiger partial charge >= 0.3 is 0 Å². The zero-order valence-electron chi connectivity index (χ0n) is 8.40. The quantitative estimate of drug-likeness (QED) is 0.406. The topological polar surface area (TPSA) is 0 Å². The average molecular weight is 164 g/mol. The van der Waals surface area contributed by atoms with Crippen LogP contribution in [0.2, 0.25) is 0 Å². The zero-order chi connectivity index (χ0) is 9.40. The molecule has 0 spiro atoms. The van der Waals surface area contributed by atoms with Gasteiger partial charge in [-0.2, -0.15) is 0 Å². The van der Waals surface area contributed by atoms with Crippen LogP contribution in [-0.4, -0.2) is 0 Å². The lowest BCUT2D eigenvalue weighted by Gasteiger charge is -2.00. The molecule has 0 aromatic carbocycles. The minimum atomic E-state index is 1.05. The van der Waals surface area contributed by atoms with Crippen molar-refractivity contribution in [1.29, 1.82) is 0 Å². The highest BCUT2D eigenvalue weighted by Gasteiger charge is 1.90. The van der Waals surface area contributed by atoms with Crippen molar-refractivity contribution in [3.8, 4) is 0 Å². The third kappa shape index (κ3) is 4.95. The van der Waals surface area contributed by atoms with Crippen LogP contribution in [0.5, 0.6) is 0 Å². The van der Waals surface area contributed by atoms with Crippen LogP contribution in [0.3, 0.4) is 0 Å². The molecule has 0 unspecified atom stereocenters. The van der Waals surface area contributed by atoms with E-state index in [1.807, 2.05) is 6.08 Å². The predicted molar refractivity (Wildman–Crippen MR) is 57.2 cm³/mol. The van der Waals surface area contributed by atoms with Gasteiger partial charge in [0.15, 0.2) is 0 Å². The number of allylic oxidation sites excluding steroid dienone is 4. The van der Waals surface area contributed by atoms with Gasteiger partial charge in [0.05, 0.1) is 0 Å². The third-order valence-corrected chi connectivity index (χ3v) is 2.10. The number of hydrogen-bond donors (Lipinski definition) is 0. The van der Waals surface area contributed by atoms with Gasteiger partial charge in [0.25, 0.3) is 0 Å². The summed E-state index contributed by atoms with van der Waals surface area (Å²) in [4.78, 5) is 0. The van der Waals surface area contributed by atoms with E-state index in [1.54, 1.807) is 5.57 Å². The van der Waals surface area contributed by atoms with E-state index in [9.17, 15) is 0 Å². The average Bonchev–Trinajstić information content (AvgIpc) is 2.12. The summed E-state index contributed by atoms with van der Waals surface area (Å²) in [5, 5.41) is 0. The first-order valence-electron chi connectivity index (χ1n) is 4.72. The van der Waals surface area contributed by atoms with Crippen molar-refractivity contribution in [2.75, 3.05) is 0 Å². The molecule has 0 aliphatic carbocycles. The van der Waals surface area contributed by atoms with Gasteiger partial charge in [-0.1, -0.05) is 50.3 Å². The maximum absolute atomic E-state index is 3.87. The van der Waals surface area contributed by atoms with E-state index in [2.05, 4.69) is 33.1 Å². The molecule has 68 valence electrons. The molecule has 0 heteroatoms. The zero-order valence-corrected chi connectivity index (χ0v) is 8.40. The molecule has 0 aliphatic rings. The highest BCUT2D eigenvalue weighted by Crippen LogP contribution is 2.10. The highest BCUT2D eigenvalue weighted by molar-refractivity contribution is 5.12. The van der Waals surface area contributed by atoms with Crippen LogP contribution in [0.25, 0.3) is 0 Å². The Balaban J connectivity index is 3.71. The Labute approximate surface area is 76.7 Å². The standard InChI is InChI=1S/C12H20/c1-5-11(4)9-8-10-12(6-2)7-3/h5,10H,1,4,6-9H2,2-3H3. The van der Waals surface area contributed by atoms with Crippen molar-refractivity contribution < 1.29 is 0 Å². The monoisotopic (exact) mass is 164 g/mol. The van der Waals surface area contributed by atoms with E-state index in [0.29, 0.717) is 0 Å². The number of rotatable bonds is 6. The molecule has 0 amide bonds. The summed E-state index contributed by atoms with van der Waals surface area (Å²) in [5.41, 5.74) is 2.68. The van der Waals surface area contributed by atoms with Crippen molar-refractivity contribution in [2.24, 2.45) is 0 Å². The molecule has 0 saturated carbocycles. The highest BCUT2D eigenvalue weighted by atomic mass is 14.0. The molecule has 0 nitrogen and oxygen atoms in total. The first-order valence-corrected chi connectivity index (χ1v) is 4.72. The normalized spacial score (nSPS) is 9.17. The van der Waals surface area contributed by atoms with Crippen molar-refractivity contribution >= 4 is 0 Å². The molecule has 0 aliphatic heterocycles. The molecule has 12 heavy (non-hydrogen) atoms. The van der Waals surface area contributed by atoms with Crippen LogP contribution in [0.15, 0.2) is 36.5 Å². The molecular formula is C12H20. The summed E-state index contributed by atoms with van der Waals surface area (Å²) in [6.45, 7) is 12.0. The molecule has 0 fully saturated rings. The Morgan fingerprint density at radius 1 is 1.25 bits per heavy atom. The van der Waals surface area contributed by atoms with Gasteiger partial charge in [-0.25, -0.2) is 0 Å². The lowest BCUT2D eigenvalue weighted by Crippen LogP contribution is -1.79. The molecule has 0 aromatic heterocycles. The van der Waals surface area contributed by atoms with E-state index in [4.69, 9.17) is 0 Å². The van der Waals surface area contributed by atoms with Gasteiger partial charge in [-0.3, -0.25) is 0 Å². The first-order chi connectivity index (χ1) is 5.74.